The van der Waals surface area contributed by atoms with E-state index < -0.39 is 16.6 Å². The average molecular weight is 392 g/mol. The van der Waals surface area contributed by atoms with Crippen molar-refractivity contribution >= 4 is 40.0 Å². The summed E-state index contributed by atoms with van der Waals surface area (Å²) in [5, 5.41) is 14.0. The fourth-order valence-electron chi connectivity index (χ4n) is 2.58. The maximum Gasteiger partial charge on any atom is 0.420 e. The van der Waals surface area contributed by atoms with Crippen LogP contribution in [0.5, 0.6) is 5.75 Å². The van der Waals surface area contributed by atoms with Gasteiger partial charge in [0, 0.05) is 17.2 Å². The first-order valence-electron chi connectivity index (χ1n) is 7.72. The maximum absolute atomic E-state index is 12.4. The number of hydrogen-bond donors (Lipinski definition) is 1. The number of rotatable bonds is 5. The summed E-state index contributed by atoms with van der Waals surface area (Å²) < 4.78 is 11.3. The summed E-state index contributed by atoms with van der Waals surface area (Å²) in [6.45, 7) is 1.44. The Morgan fingerprint density at radius 1 is 1.37 bits per heavy atom. The van der Waals surface area contributed by atoms with Gasteiger partial charge in [-0.3, -0.25) is 19.5 Å². The molecule has 1 aromatic heterocycles. The number of aryl methyl sites for hydroxylation is 1. The Bertz CT molecular complexity index is 1120. The number of carbonyl (C=O) groups is 1. The molecule has 0 fully saturated rings. The van der Waals surface area contributed by atoms with Crippen molar-refractivity contribution in [3.8, 4) is 5.75 Å². The van der Waals surface area contributed by atoms with Crippen LogP contribution in [0.4, 0.5) is 11.4 Å². The van der Waals surface area contributed by atoms with E-state index in [0.29, 0.717) is 16.5 Å². The molecule has 140 valence electrons. The van der Waals surface area contributed by atoms with Crippen molar-refractivity contribution in [1.29, 1.82) is 0 Å². The van der Waals surface area contributed by atoms with Crippen LogP contribution in [-0.2, 0) is 11.3 Å². The quantitative estimate of drug-likeness (QED) is 0.527. The molecule has 0 bridgehead atoms. The Balaban J connectivity index is 1.89. The van der Waals surface area contributed by atoms with Crippen molar-refractivity contribution in [2.24, 2.45) is 0 Å². The molecule has 27 heavy (non-hydrogen) atoms. The number of amides is 1. The molecule has 0 radical (unpaired) electrons. The molecule has 3 rings (SSSR count). The van der Waals surface area contributed by atoms with Crippen LogP contribution in [0.1, 0.15) is 5.56 Å². The number of anilines is 1. The SMILES string of the molecule is COc1cc(Cl)c(C)cc1NC(=O)Cn1c(=O)oc2cc([N+](=O)[O-])ccc21. The highest BCUT2D eigenvalue weighted by molar-refractivity contribution is 6.31. The number of methoxy groups -OCH3 is 1. The van der Waals surface area contributed by atoms with Gasteiger partial charge >= 0.3 is 5.76 Å². The smallest absolute Gasteiger partial charge is 0.420 e. The fraction of sp³-hybridized carbons (Fsp3) is 0.176. The van der Waals surface area contributed by atoms with Crippen LogP contribution in [0.15, 0.2) is 39.5 Å². The molecule has 1 N–H and O–H groups in total. The van der Waals surface area contributed by atoms with Gasteiger partial charge in [-0.1, -0.05) is 11.6 Å². The van der Waals surface area contributed by atoms with Crippen LogP contribution in [0, 0.1) is 17.0 Å². The summed E-state index contributed by atoms with van der Waals surface area (Å²) in [4.78, 5) is 34.7. The molecule has 0 saturated heterocycles. The number of nitrogens with one attached hydrogen (secondary N) is 1. The standard InChI is InChI=1S/C17H14ClN3O6/c1-9-5-12(14(26-2)7-11(9)18)19-16(22)8-20-13-4-3-10(21(24)25)6-15(13)27-17(20)23/h3-7H,8H2,1-2H3,(H,19,22). The average Bonchev–Trinajstić information content (AvgIpc) is 2.92. The number of fused-ring (bicyclic) bond motifs is 1. The zero-order valence-electron chi connectivity index (χ0n) is 14.3. The number of aromatic nitrogens is 1. The third-order valence-electron chi connectivity index (χ3n) is 3.92. The van der Waals surface area contributed by atoms with E-state index in [1.807, 2.05) is 0 Å². The second kappa shape index (κ2) is 7.12. The first-order chi connectivity index (χ1) is 12.8. The van der Waals surface area contributed by atoms with Gasteiger partial charge in [0.2, 0.25) is 5.91 Å². The van der Waals surface area contributed by atoms with Crippen molar-refractivity contribution in [1.82, 2.24) is 4.57 Å². The van der Waals surface area contributed by atoms with Gasteiger partial charge in [0.25, 0.3) is 5.69 Å². The van der Waals surface area contributed by atoms with Gasteiger partial charge < -0.3 is 14.5 Å². The van der Waals surface area contributed by atoms with Crippen LogP contribution < -0.4 is 15.8 Å². The van der Waals surface area contributed by atoms with Crippen molar-refractivity contribution in [3.63, 3.8) is 0 Å². The number of oxazole rings is 1. The number of ether oxygens (including phenoxy) is 1. The van der Waals surface area contributed by atoms with E-state index in [9.17, 15) is 19.7 Å². The number of non-ortho nitro benzene ring substituents is 1. The Labute approximate surface area is 157 Å². The second-order valence-electron chi connectivity index (χ2n) is 5.71. The molecule has 0 aliphatic rings. The van der Waals surface area contributed by atoms with Crippen molar-refractivity contribution in [2.45, 2.75) is 13.5 Å². The third-order valence-corrected chi connectivity index (χ3v) is 4.33. The summed E-state index contributed by atoms with van der Waals surface area (Å²) in [6.07, 6.45) is 0. The number of nitro groups is 1. The Kier molecular flexibility index (Phi) is 4.87. The van der Waals surface area contributed by atoms with Gasteiger partial charge in [-0.25, -0.2) is 4.79 Å². The molecule has 2 aromatic carbocycles. The zero-order chi connectivity index (χ0) is 19.7. The van der Waals surface area contributed by atoms with E-state index in [2.05, 4.69) is 5.32 Å². The zero-order valence-corrected chi connectivity index (χ0v) is 15.1. The van der Waals surface area contributed by atoms with Gasteiger partial charge in [0.1, 0.15) is 12.3 Å². The molecular weight excluding hydrogens is 378 g/mol. The lowest BCUT2D eigenvalue weighted by molar-refractivity contribution is -0.384. The lowest BCUT2D eigenvalue weighted by Crippen LogP contribution is -2.25. The Morgan fingerprint density at radius 3 is 2.78 bits per heavy atom. The molecule has 10 heteroatoms. The van der Waals surface area contributed by atoms with Crippen LogP contribution in [0.3, 0.4) is 0 Å². The van der Waals surface area contributed by atoms with E-state index in [1.54, 1.807) is 19.1 Å². The minimum atomic E-state index is -0.792. The van der Waals surface area contributed by atoms with Gasteiger partial charge in [-0.15, -0.1) is 0 Å². The molecule has 0 spiro atoms. The van der Waals surface area contributed by atoms with Crippen LogP contribution in [0.2, 0.25) is 5.02 Å². The van der Waals surface area contributed by atoms with E-state index in [1.165, 1.54) is 19.2 Å². The lowest BCUT2D eigenvalue weighted by Gasteiger charge is -2.12. The molecule has 3 aromatic rings. The summed E-state index contributed by atoms with van der Waals surface area (Å²) in [5.74, 6) is -0.919. The highest BCUT2D eigenvalue weighted by Crippen LogP contribution is 2.31. The van der Waals surface area contributed by atoms with E-state index in [4.69, 9.17) is 20.8 Å². The predicted molar refractivity (Wildman–Crippen MR) is 98.5 cm³/mol. The maximum atomic E-state index is 12.4. The molecule has 1 heterocycles. The molecule has 0 unspecified atom stereocenters. The van der Waals surface area contributed by atoms with E-state index in [-0.39, 0.29) is 23.3 Å². The summed E-state index contributed by atoms with van der Waals surface area (Å²) >= 11 is 6.04. The highest BCUT2D eigenvalue weighted by atomic mass is 35.5. The fourth-order valence-corrected chi connectivity index (χ4v) is 2.74. The number of carbonyl (C=O) groups excluding carboxylic acids is 1. The minimum Gasteiger partial charge on any atom is -0.495 e. The topological polar surface area (TPSA) is 117 Å². The van der Waals surface area contributed by atoms with Gasteiger partial charge in [-0.2, -0.15) is 0 Å². The number of nitro benzene ring substituents is 1. The molecule has 9 nitrogen and oxygen atoms in total. The van der Waals surface area contributed by atoms with E-state index >= 15 is 0 Å². The Hall–Kier alpha value is -3.33. The third kappa shape index (κ3) is 3.63. The number of nitrogens with zero attached hydrogens (tertiary/aromatic N) is 2. The second-order valence-corrected chi connectivity index (χ2v) is 6.12. The summed E-state index contributed by atoms with van der Waals surface area (Å²) in [5.41, 5.74) is 1.24. The van der Waals surface area contributed by atoms with E-state index in [0.717, 1.165) is 16.2 Å². The lowest BCUT2D eigenvalue weighted by atomic mass is 10.2. The monoisotopic (exact) mass is 391 g/mol. The normalized spacial score (nSPS) is 10.8. The largest absolute Gasteiger partial charge is 0.495 e. The number of halogens is 1. The molecule has 0 saturated carbocycles. The molecular formula is C17H14ClN3O6. The minimum absolute atomic E-state index is 0.0296. The predicted octanol–water partition coefficient (Wildman–Crippen LogP) is 3.11. The number of hydrogen-bond acceptors (Lipinski definition) is 6. The van der Waals surface area contributed by atoms with Crippen LogP contribution in [0.25, 0.3) is 11.1 Å². The first-order valence-corrected chi connectivity index (χ1v) is 8.09. The van der Waals surface area contributed by atoms with Crippen molar-refractivity contribution in [2.75, 3.05) is 12.4 Å². The number of benzene rings is 2. The van der Waals surface area contributed by atoms with Crippen molar-refractivity contribution in [3.05, 3.63) is 61.6 Å². The summed E-state index contributed by atoms with van der Waals surface area (Å²) in [7, 11) is 1.44. The van der Waals surface area contributed by atoms with Crippen LogP contribution in [-0.4, -0.2) is 22.5 Å². The highest BCUT2D eigenvalue weighted by Gasteiger charge is 2.17. The Morgan fingerprint density at radius 2 is 2.11 bits per heavy atom. The van der Waals surface area contributed by atoms with Crippen LogP contribution >= 0.6 is 11.6 Å². The molecule has 1 amide bonds. The van der Waals surface area contributed by atoms with Gasteiger partial charge in [0.15, 0.2) is 5.58 Å². The molecule has 0 aliphatic heterocycles. The summed E-state index contributed by atoms with van der Waals surface area (Å²) in [6, 6.07) is 6.95. The van der Waals surface area contributed by atoms with Gasteiger partial charge in [-0.05, 0) is 24.6 Å². The molecule has 0 aliphatic carbocycles. The first kappa shape index (κ1) is 18.5. The molecule has 0 atom stereocenters. The van der Waals surface area contributed by atoms with Gasteiger partial charge in [0.05, 0.1) is 29.3 Å². The van der Waals surface area contributed by atoms with Crippen molar-refractivity contribution < 1.29 is 18.9 Å².